The van der Waals surface area contributed by atoms with E-state index in [0.717, 1.165) is 32.2 Å². The summed E-state index contributed by atoms with van der Waals surface area (Å²) in [6, 6.07) is 4.42. The highest BCUT2D eigenvalue weighted by Gasteiger charge is 2.29. The first-order valence-electron chi connectivity index (χ1n) is 10.2. The molecular formula is C20H31N5O2. The number of nitrogens with one attached hydrogen (secondary N) is 1. The average molecular weight is 374 g/mol. The fourth-order valence-corrected chi connectivity index (χ4v) is 4.00. The van der Waals surface area contributed by atoms with E-state index in [-0.39, 0.29) is 37.1 Å². The topological polar surface area (TPSA) is 100 Å². The summed E-state index contributed by atoms with van der Waals surface area (Å²) < 4.78 is 0. The smallest absolute Gasteiger partial charge is 0.236 e. The van der Waals surface area contributed by atoms with E-state index >= 15 is 0 Å². The average Bonchev–Trinajstić information content (AvgIpc) is 2.69. The van der Waals surface area contributed by atoms with Gasteiger partial charge in [0.1, 0.15) is 0 Å². The summed E-state index contributed by atoms with van der Waals surface area (Å²) in [5.41, 5.74) is 0. The zero-order valence-corrected chi connectivity index (χ0v) is 16.2. The van der Waals surface area contributed by atoms with Crippen molar-refractivity contribution in [1.29, 1.82) is 10.5 Å². The van der Waals surface area contributed by atoms with Crippen LogP contribution in [0.25, 0.3) is 0 Å². The highest BCUT2D eigenvalue weighted by Crippen LogP contribution is 2.20. The second-order valence-corrected chi connectivity index (χ2v) is 7.61. The number of hydrogen-bond donors (Lipinski definition) is 1. The van der Waals surface area contributed by atoms with E-state index in [1.54, 1.807) is 4.90 Å². The first kappa shape index (κ1) is 21.2. The van der Waals surface area contributed by atoms with E-state index in [2.05, 4.69) is 17.5 Å². The molecule has 1 aliphatic heterocycles. The van der Waals surface area contributed by atoms with Crippen LogP contribution in [0.1, 0.15) is 57.8 Å². The summed E-state index contributed by atoms with van der Waals surface area (Å²) in [5.74, 6) is 0.0128. The summed E-state index contributed by atoms with van der Waals surface area (Å²) in [7, 11) is 0. The summed E-state index contributed by atoms with van der Waals surface area (Å²) in [5, 5.41) is 20.7. The molecule has 1 N–H and O–H groups in total. The molecule has 1 saturated carbocycles. The molecule has 1 heterocycles. The molecule has 1 atom stereocenters. The Balaban J connectivity index is 1.83. The Morgan fingerprint density at radius 1 is 1.00 bits per heavy atom. The number of carbonyl (C=O) groups excluding carboxylic acids is 2. The molecule has 0 aromatic rings. The molecule has 0 aromatic carbocycles. The maximum Gasteiger partial charge on any atom is 0.236 e. The Kier molecular flexibility index (Phi) is 9.07. The summed E-state index contributed by atoms with van der Waals surface area (Å²) in [6.07, 6.45) is 8.12. The molecule has 1 aliphatic carbocycles. The Morgan fingerprint density at radius 3 is 2.30 bits per heavy atom. The number of likely N-dealkylation sites (tertiary alicyclic amines) is 1. The molecule has 1 unspecified atom stereocenters. The van der Waals surface area contributed by atoms with Gasteiger partial charge in [-0.2, -0.15) is 10.5 Å². The third-order valence-corrected chi connectivity index (χ3v) is 5.53. The number of piperidine rings is 1. The van der Waals surface area contributed by atoms with Crippen LogP contribution in [0.15, 0.2) is 0 Å². The van der Waals surface area contributed by atoms with Crippen LogP contribution in [0.4, 0.5) is 0 Å². The largest absolute Gasteiger partial charge is 0.353 e. The van der Waals surface area contributed by atoms with Gasteiger partial charge < -0.3 is 10.2 Å². The van der Waals surface area contributed by atoms with Crippen molar-refractivity contribution >= 4 is 11.8 Å². The predicted molar refractivity (Wildman–Crippen MR) is 101 cm³/mol. The fourth-order valence-electron chi connectivity index (χ4n) is 4.00. The van der Waals surface area contributed by atoms with Gasteiger partial charge in [0, 0.05) is 25.7 Å². The Hall–Kier alpha value is -2.12. The lowest BCUT2D eigenvalue weighted by Crippen LogP contribution is -2.49. The van der Waals surface area contributed by atoms with Gasteiger partial charge in [0.2, 0.25) is 11.8 Å². The highest BCUT2D eigenvalue weighted by molar-refractivity contribution is 5.80. The normalized spacial score (nSPS) is 21.0. The third-order valence-electron chi connectivity index (χ3n) is 5.53. The van der Waals surface area contributed by atoms with E-state index < -0.39 is 0 Å². The van der Waals surface area contributed by atoms with Crippen LogP contribution < -0.4 is 5.32 Å². The monoisotopic (exact) mass is 373 g/mol. The van der Waals surface area contributed by atoms with Crippen LogP contribution in [0, 0.1) is 28.6 Å². The van der Waals surface area contributed by atoms with Crippen molar-refractivity contribution < 1.29 is 9.59 Å². The molecule has 2 aliphatic rings. The van der Waals surface area contributed by atoms with Crippen LogP contribution in [-0.2, 0) is 9.59 Å². The number of carbonyl (C=O) groups is 2. The lowest BCUT2D eigenvalue weighted by Gasteiger charge is -2.34. The number of nitrogens with zero attached hydrogens (tertiary/aromatic N) is 4. The number of hydrogen-bond acceptors (Lipinski definition) is 5. The molecule has 0 spiro atoms. The van der Waals surface area contributed by atoms with E-state index in [0.29, 0.717) is 25.7 Å². The molecule has 7 nitrogen and oxygen atoms in total. The Labute approximate surface area is 162 Å². The molecule has 1 saturated heterocycles. The quantitative estimate of drug-likeness (QED) is 0.699. The van der Waals surface area contributed by atoms with Crippen LogP contribution >= 0.6 is 0 Å². The molecule has 148 valence electrons. The second-order valence-electron chi connectivity index (χ2n) is 7.61. The van der Waals surface area contributed by atoms with Crippen LogP contribution in [0.2, 0.25) is 0 Å². The highest BCUT2D eigenvalue weighted by atomic mass is 16.2. The van der Waals surface area contributed by atoms with Gasteiger partial charge in [-0.15, -0.1) is 0 Å². The number of amides is 2. The summed E-state index contributed by atoms with van der Waals surface area (Å²) in [4.78, 5) is 28.8. The summed E-state index contributed by atoms with van der Waals surface area (Å²) in [6.45, 7) is 2.38. The first-order chi connectivity index (χ1) is 13.1. The standard InChI is InChI=1S/C20H31N5O2/c21-10-5-13-25(14-6-11-22)19(26)16-24-12-4-7-17(15-24)20(27)23-18-8-2-1-3-9-18/h17-18H,1-9,12-16H2,(H,23,27). The number of nitriles is 2. The number of rotatable bonds is 8. The van der Waals surface area contributed by atoms with Crippen molar-refractivity contribution in [3.8, 4) is 12.1 Å². The van der Waals surface area contributed by atoms with Crippen LogP contribution in [0.3, 0.4) is 0 Å². The molecule has 2 fully saturated rings. The van der Waals surface area contributed by atoms with Crippen LogP contribution in [-0.4, -0.2) is 60.4 Å². The first-order valence-corrected chi connectivity index (χ1v) is 10.2. The van der Waals surface area contributed by atoms with E-state index in [9.17, 15) is 9.59 Å². The molecule has 0 radical (unpaired) electrons. The van der Waals surface area contributed by atoms with Gasteiger partial charge in [-0.05, 0) is 32.2 Å². The Bertz CT molecular complexity index is 556. The fraction of sp³-hybridized carbons (Fsp3) is 0.800. The second kappa shape index (κ2) is 11.6. The maximum absolute atomic E-state index is 12.6. The van der Waals surface area contributed by atoms with Gasteiger partial charge in [-0.25, -0.2) is 0 Å². The van der Waals surface area contributed by atoms with Gasteiger partial charge in [0.25, 0.3) is 0 Å². The van der Waals surface area contributed by atoms with Crippen LogP contribution in [0.5, 0.6) is 0 Å². The molecule has 0 aromatic heterocycles. The SMILES string of the molecule is N#CCCN(CCC#N)C(=O)CN1CCCC(C(=O)NC2CCCCC2)C1. The minimum atomic E-state index is -0.0613. The van der Waals surface area contributed by atoms with Crippen molar-refractivity contribution in [1.82, 2.24) is 15.1 Å². The van der Waals surface area contributed by atoms with E-state index in [1.807, 2.05) is 4.90 Å². The van der Waals surface area contributed by atoms with Gasteiger partial charge in [0.15, 0.2) is 0 Å². The molecule has 2 amide bonds. The van der Waals surface area contributed by atoms with Crippen molar-refractivity contribution in [2.75, 3.05) is 32.7 Å². The predicted octanol–water partition coefficient (Wildman–Crippen LogP) is 1.80. The van der Waals surface area contributed by atoms with Crippen molar-refractivity contribution in [2.45, 2.75) is 63.8 Å². The van der Waals surface area contributed by atoms with Gasteiger partial charge in [-0.1, -0.05) is 19.3 Å². The third kappa shape index (κ3) is 7.19. The molecule has 27 heavy (non-hydrogen) atoms. The molecule has 0 bridgehead atoms. The van der Waals surface area contributed by atoms with E-state index in [4.69, 9.17) is 10.5 Å². The lowest BCUT2D eigenvalue weighted by molar-refractivity contribution is -0.134. The van der Waals surface area contributed by atoms with Crippen molar-refractivity contribution in [3.63, 3.8) is 0 Å². The molecule has 2 rings (SSSR count). The zero-order chi connectivity index (χ0) is 19.5. The summed E-state index contributed by atoms with van der Waals surface area (Å²) >= 11 is 0. The van der Waals surface area contributed by atoms with Crippen molar-refractivity contribution in [3.05, 3.63) is 0 Å². The molecular weight excluding hydrogens is 342 g/mol. The Morgan fingerprint density at radius 2 is 1.67 bits per heavy atom. The van der Waals surface area contributed by atoms with Crippen molar-refractivity contribution in [2.24, 2.45) is 5.92 Å². The van der Waals surface area contributed by atoms with E-state index in [1.165, 1.54) is 19.3 Å². The minimum Gasteiger partial charge on any atom is -0.353 e. The minimum absolute atomic E-state index is 0.0554. The lowest BCUT2D eigenvalue weighted by atomic mass is 9.93. The zero-order valence-electron chi connectivity index (χ0n) is 16.2. The van der Waals surface area contributed by atoms with Gasteiger partial charge in [-0.3, -0.25) is 14.5 Å². The van der Waals surface area contributed by atoms with Gasteiger partial charge >= 0.3 is 0 Å². The van der Waals surface area contributed by atoms with Gasteiger partial charge in [0.05, 0.1) is 37.4 Å². The molecule has 7 heteroatoms. The maximum atomic E-state index is 12.6.